The Morgan fingerprint density at radius 3 is 2.79 bits per heavy atom. The van der Waals surface area contributed by atoms with Crippen LogP contribution in [0.25, 0.3) is 0 Å². The van der Waals surface area contributed by atoms with E-state index in [1.165, 1.54) is 12.0 Å². The third-order valence-electron chi connectivity index (χ3n) is 3.87. The molecule has 0 aromatic heterocycles. The van der Waals surface area contributed by atoms with E-state index in [4.69, 9.17) is 0 Å². The molecule has 0 amide bonds. The van der Waals surface area contributed by atoms with Crippen LogP contribution in [0.15, 0.2) is 30.3 Å². The topological polar surface area (TPSA) is 15.3 Å². The Labute approximate surface area is 117 Å². The summed E-state index contributed by atoms with van der Waals surface area (Å²) in [6.45, 7) is 7.27. The minimum Gasteiger partial charge on any atom is -0.311 e. The first-order valence-electron chi connectivity index (χ1n) is 7.24. The van der Waals surface area contributed by atoms with Gasteiger partial charge in [0.15, 0.2) is 0 Å². The molecule has 2 atom stereocenters. The summed E-state index contributed by atoms with van der Waals surface area (Å²) in [5.74, 6) is 6.23. The maximum atomic E-state index is 3.69. The summed E-state index contributed by atoms with van der Waals surface area (Å²) in [6, 6.07) is 11.9. The minimum atomic E-state index is 0.545. The van der Waals surface area contributed by atoms with E-state index < -0.39 is 0 Å². The van der Waals surface area contributed by atoms with Crippen LogP contribution in [0.5, 0.6) is 0 Å². The largest absolute Gasteiger partial charge is 0.311 e. The van der Waals surface area contributed by atoms with Gasteiger partial charge in [-0.05, 0) is 25.3 Å². The molecule has 2 unspecified atom stereocenters. The van der Waals surface area contributed by atoms with Gasteiger partial charge in [0.25, 0.3) is 0 Å². The molecule has 1 aliphatic heterocycles. The highest BCUT2D eigenvalue weighted by molar-refractivity contribution is 5.16. The Morgan fingerprint density at radius 1 is 1.32 bits per heavy atom. The highest BCUT2D eigenvalue weighted by atomic mass is 15.2. The summed E-state index contributed by atoms with van der Waals surface area (Å²) < 4.78 is 0. The van der Waals surface area contributed by atoms with E-state index in [0.29, 0.717) is 12.1 Å². The Hall–Kier alpha value is -1.30. The lowest BCUT2D eigenvalue weighted by molar-refractivity contribution is 0.143. The molecule has 102 valence electrons. The molecule has 1 saturated heterocycles. The van der Waals surface area contributed by atoms with Crippen LogP contribution in [0.4, 0.5) is 0 Å². The number of piperazine rings is 1. The summed E-state index contributed by atoms with van der Waals surface area (Å²) in [4.78, 5) is 2.53. The van der Waals surface area contributed by atoms with Crippen LogP contribution in [-0.2, 0) is 6.42 Å². The van der Waals surface area contributed by atoms with Crippen molar-refractivity contribution in [2.75, 3.05) is 19.6 Å². The van der Waals surface area contributed by atoms with Gasteiger partial charge in [0, 0.05) is 25.2 Å². The molecule has 0 spiro atoms. The summed E-state index contributed by atoms with van der Waals surface area (Å²) in [5.41, 5.74) is 1.41. The van der Waals surface area contributed by atoms with Gasteiger partial charge in [-0.25, -0.2) is 0 Å². The fourth-order valence-corrected chi connectivity index (χ4v) is 2.74. The average Bonchev–Trinajstić information content (AvgIpc) is 2.46. The van der Waals surface area contributed by atoms with Crippen LogP contribution in [0, 0.1) is 11.8 Å². The quantitative estimate of drug-likeness (QED) is 0.832. The van der Waals surface area contributed by atoms with E-state index in [9.17, 15) is 0 Å². The van der Waals surface area contributed by atoms with Crippen LogP contribution < -0.4 is 5.32 Å². The van der Waals surface area contributed by atoms with Gasteiger partial charge < -0.3 is 5.32 Å². The standard InChI is InChI=1S/C17H24N2/c1-3-5-11-19-14-16(18-13-17(19)4-2)12-15-9-7-6-8-10-15/h6-10,16-18H,4,11-14H2,1-2H3. The molecule has 1 aromatic carbocycles. The zero-order valence-corrected chi connectivity index (χ0v) is 12.0. The lowest BCUT2D eigenvalue weighted by atomic mass is 10.0. The van der Waals surface area contributed by atoms with Gasteiger partial charge in [0.05, 0.1) is 6.54 Å². The Balaban J connectivity index is 1.94. The molecule has 0 aliphatic carbocycles. The monoisotopic (exact) mass is 256 g/mol. The molecule has 1 aromatic rings. The molecule has 2 rings (SSSR count). The van der Waals surface area contributed by atoms with Crippen LogP contribution in [-0.4, -0.2) is 36.6 Å². The molecule has 0 saturated carbocycles. The van der Waals surface area contributed by atoms with Crippen molar-refractivity contribution in [3.63, 3.8) is 0 Å². The van der Waals surface area contributed by atoms with Crippen LogP contribution in [0.2, 0.25) is 0 Å². The van der Waals surface area contributed by atoms with E-state index in [2.05, 4.69) is 59.3 Å². The molecular weight excluding hydrogens is 232 g/mol. The van der Waals surface area contributed by atoms with Gasteiger partial charge in [-0.1, -0.05) is 43.2 Å². The summed E-state index contributed by atoms with van der Waals surface area (Å²) in [5, 5.41) is 3.69. The first-order valence-corrected chi connectivity index (χ1v) is 7.24. The van der Waals surface area contributed by atoms with Gasteiger partial charge in [-0.3, -0.25) is 4.90 Å². The maximum absolute atomic E-state index is 3.69. The third kappa shape index (κ3) is 4.09. The van der Waals surface area contributed by atoms with Gasteiger partial charge >= 0.3 is 0 Å². The molecular formula is C17H24N2. The highest BCUT2D eigenvalue weighted by Crippen LogP contribution is 2.13. The Morgan fingerprint density at radius 2 is 2.11 bits per heavy atom. The second-order valence-electron chi connectivity index (χ2n) is 5.21. The Bertz CT molecular complexity index is 430. The number of nitrogens with zero attached hydrogens (tertiary/aromatic N) is 1. The van der Waals surface area contributed by atoms with Crippen molar-refractivity contribution in [2.24, 2.45) is 0 Å². The normalized spacial score (nSPS) is 23.7. The molecule has 1 fully saturated rings. The highest BCUT2D eigenvalue weighted by Gasteiger charge is 2.25. The van der Waals surface area contributed by atoms with Gasteiger partial charge in [0.2, 0.25) is 0 Å². The van der Waals surface area contributed by atoms with Gasteiger partial charge in [-0.15, -0.1) is 5.92 Å². The fraction of sp³-hybridized carbons (Fsp3) is 0.529. The first-order chi connectivity index (χ1) is 9.33. The Kier molecular flexibility index (Phi) is 5.44. The maximum Gasteiger partial charge on any atom is 0.0604 e. The predicted molar refractivity (Wildman–Crippen MR) is 81.0 cm³/mol. The number of rotatable bonds is 4. The van der Waals surface area contributed by atoms with Crippen LogP contribution in [0.3, 0.4) is 0 Å². The van der Waals surface area contributed by atoms with Crippen molar-refractivity contribution in [3.8, 4) is 11.8 Å². The van der Waals surface area contributed by atoms with E-state index in [0.717, 1.165) is 26.1 Å². The van der Waals surface area contributed by atoms with Gasteiger partial charge in [0.1, 0.15) is 0 Å². The lowest BCUT2D eigenvalue weighted by Gasteiger charge is -2.39. The average molecular weight is 256 g/mol. The fourth-order valence-electron chi connectivity index (χ4n) is 2.74. The molecule has 1 N–H and O–H groups in total. The first kappa shape index (κ1) is 14.1. The molecule has 19 heavy (non-hydrogen) atoms. The molecule has 2 heteroatoms. The smallest absolute Gasteiger partial charge is 0.0604 e. The zero-order valence-electron chi connectivity index (χ0n) is 12.0. The summed E-state index contributed by atoms with van der Waals surface area (Å²) in [7, 11) is 0. The van der Waals surface area contributed by atoms with Crippen molar-refractivity contribution in [2.45, 2.75) is 38.8 Å². The van der Waals surface area contributed by atoms with Crippen LogP contribution in [0.1, 0.15) is 25.8 Å². The predicted octanol–water partition coefficient (Wildman–Crippen LogP) is 2.30. The van der Waals surface area contributed by atoms with Crippen molar-refractivity contribution in [1.82, 2.24) is 10.2 Å². The summed E-state index contributed by atoms with van der Waals surface area (Å²) in [6.07, 6.45) is 2.30. The lowest BCUT2D eigenvalue weighted by Crippen LogP contribution is -2.56. The van der Waals surface area contributed by atoms with E-state index in [-0.39, 0.29) is 0 Å². The van der Waals surface area contributed by atoms with E-state index >= 15 is 0 Å². The number of hydrogen-bond donors (Lipinski definition) is 1. The zero-order chi connectivity index (χ0) is 13.5. The second-order valence-corrected chi connectivity index (χ2v) is 5.21. The second kappa shape index (κ2) is 7.33. The molecule has 0 bridgehead atoms. The van der Waals surface area contributed by atoms with Crippen LogP contribution >= 0.6 is 0 Å². The van der Waals surface area contributed by atoms with E-state index in [1.54, 1.807) is 0 Å². The van der Waals surface area contributed by atoms with Gasteiger partial charge in [-0.2, -0.15) is 0 Å². The third-order valence-corrected chi connectivity index (χ3v) is 3.87. The number of hydrogen-bond acceptors (Lipinski definition) is 2. The molecule has 1 heterocycles. The molecule has 2 nitrogen and oxygen atoms in total. The summed E-state index contributed by atoms with van der Waals surface area (Å²) >= 11 is 0. The van der Waals surface area contributed by atoms with E-state index in [1.807, 2.05) is 6.92 Å². The van der Waals surface area contributed by atoms with Crippen molar-refractivity contribution >= 4 is 0 Å². The van der Waals surface area contributed by atoms with Crippen molar-refractivity contribution < 1.29 is 0 Å². The number of nitrogens with one attached hydrogen (secondary N) is 1. The van der Waals surface area contributed by atoms with Crippen molar-refractivity contribution in [3.05, 3.63) is 35.9 Å². The minimum absolute atomic E-state index is 0.545. The molecule has 1 aliphatic rings. The SMILES string of the molecule is CC#CCN1CC(Cc2ccccc2)NCC1CC. The molecule has 0 radical (unpaired) electrons. The van der Waals surface area contributed by atoms with Crippen molar-refractivity contribution in [1.29, 1.82) is 0 Å². The number of benzene rings is 1.